The number of carbonyl (C=O) groups excluding carboxylic acids is 2. The minimum Gasteiger partial charge on any atom is -0.379 e. The van der Waals surface area contributed by atoms with Gasteiger partial charge in [-0.15, -0.1) is 0 Å². The highest BCUT2D eigenvalue weighted by Crippen LogP contribution is 2.30. The molecule has 1 saturated carbocycles. The monoisotopic (exact) mass is 427 g/mol. The van der Waals surface area contributed by atoms with E-state index in [1.54, 1.807) is 0 Å². The fourth-order valence-electron chi connectivity index (χ4n) is 3.86. The summed E-state index contributed by atoms with van der Waals surface area (Å²) < 4.78 is 46.3. The molecule has 1 heterocycles. The molecule has 0 unspecified atom stereocenters. The van der Waals surface area contributed by atoms with Crippen molar-refractivity contribution < 1.29 is 27.1 Å². The molecule has 0 bridgehead atoms. The Hall–Kier alpha value is -2.04. The van der Waals surface area contributed by atoms with Crippen LogP contribution in [0.3, 0.4) is 0 Å². The fourth-order valence-corrected chi connectivity index (χ4v) is 5.36. The maximum atomic E-state index is 14.4. The van der Waals surface area contributed by atoms with E-state index in [4.69, 9.17) is 4.74 Å². The summed E-state index contributed by atoms with van der Waals surface area (Å²) in [5.74, 6) is -1.62. The number of hydrogen-bond donors (Lipinski definition) is 2. The lowest BCUT2D eigenvalue weighted by atomic mass is 9.80. The molecule has 3 rings (SSSR count). The number of nitrogens with zero attached hydrogens (tertiary/aromatic N) is 1. The second-order valence-corrected chi connectivity index (χ2v) is 9.35. The summed E-state index contributed by atoms with van der Waals surface area (Å²) in [5.41, 5.74) is -0.875. The number of rotatable bonds is 5. The van der Waals surface area contributed by atoms with Crippen molar-refractivity contribution in [3.8, 4) is 0 Å². The molecule has 1 aromatic rings. The number of nitrogens with one attached hydrogen (secondary N) is 2. The van der Waals surface area contributed by atoms with Gasteiger partial charge in [-0.3, -0.25) is 9.59 Å². The second-order valence-electron chi connectivity index (χ2n) is 7.44. The molecule has 2 amide bonds. The Morgan fingerprint density at radius 1 is 1.14 bits per heavy atom. The molecule has 0 radical (unpaired) electrons. The standard InChI is InChI=1S/C19H26FN3O5S/c1-14(24)22-19(7-3-2-4-8-19)18(25)21-15-5-6-16(20)17(13-15)29(26,27)23-9-11-28-12-10-23/h5-6,13H,2-4,7-12H2,1H3,(H,21,25)(H,22,24). The summed E-state index contributed by atoms with van der Waals surface area (Å²) in [4.78, 5) is 24.1. The topological polar surface area (TPSA) is 105 Å². The zero-order chi connectivity index (χ0) is 21.1. The van der Waals surface area contributed by atoms with E-state index in [1.165, 1.54) is 17.3 Å². The van der Waals surface area contributed by atoms with Crippen LogP contribution in [0.5, 0.6) is 0 Å². The lowest BCUT2D eigenvalue weighted by Crippen LogP contribution is -2.57. The van der Waals surface area contributed by atoms with Gasteiger partial charge in [-0.1, -0.05) is 19.3 Å². The Labute approximate surface area is 169 Å². The van der Waals surface area contributed by atoms with E-state index in [0.29, 0.717) is 12.8 Å². The molecule has 0 aromatic heterocycles. The third kappa shape index (κ3) is 4.76. The Morgan fingerprint density at radius 3 is 2.41 bits per heavy atom. The van der Waals surface area contributed by atoms with E-state index in [-0.39, 0.29) is 37.9 Å². The molecule has 1 aromatic carbocycles. The first kappa shape index (κ1) is 21.7. The van der Waals surface area contributed by atoms with Crippen LogP contribution in [0.1, 0.15) is 39.0 Å². The molecule has 0 spiro atoms. The minimum atomic E-state index is -4.05. The molecular weight excluding hydrogens is 401 g/mol. The summed E-state index contributed by atoms with van der Waals surface area (Å²) in [7, 11) is -4.05. The average Bonchev–Trinajstić information content (AvgIpc) is 2.70. The molecular formula is C19H26FN3O5S. The third-order valence-corrected chi connectivity index (χ3v) is 7.25. The highest BCUT2D eigenvalue weighted by molar-refractivity contribution is 7.89. The van der Waals surface area contributed by atoms with Crippen LogP contribution in [0.2, 0.25) is 0 Å². The number of amides is 2. The van der Waals surface area contributed by atoms with Crippen molar-refractivity contribution in [2.45, 2.75) is 49.5 Å². The predicted octanol–water partition coefficient (Wildman–Crippen LogP) is 1.62. The Morgan fingerprint density at radius 2 is 1.79 bits per heavy atom. The van der Waals surface area contributed by atoms with Gasteiger partial charge in [0.1, 0.15) is 16.3 Å². The van der Waals surface area contributed by atoms with E-state index in [1.807, 2.05) is 0 Å². The zero-order valence-corrected chi connectivity index (χ0v) is 17.2. The van der Waals surface area contributed by atoms with Gasteiger partial charge in [-0.2, -0.15) is 4.31 Å². The average molecular weight is 427 g/mol. The number of sulfonamides is 1. The first-order valence-electron chi connectivity index (χ1n) is 9.72. The number of anilines is 1. The number of ether oxygens (including phenoxy) is 1. The summed E-state index contributed by atoms with van der Waals surface area (Å²) in [6.45, 7) is 2.13. The molecule has 2 N–H and O–H groups in total. The molecule has 29 heavy (non-hydrogen) atoms. The van der Waals surface area contributed by atoms with E-state index in [9.17, 15) is 22.4 Å². The largest absolute Gasteiger partial charge is 0.379 e. The highest BCUT2D eigenvalue weighted by Gasteiger charge is 2.40. The van der Waals surface area contributed by atoms with Gasteiger partial charge < -0.3 is 15.4 Å². The van der Waals surface area contributed by atoms with Gasteiger partial charge in [-0.05, 0) is 31.0 Å². The number of morpholine rings is 1. The Kier molecular flexibility index (Phi) is 6.55. The van der Waals surface area contributed by atoms with E-state index in [0.717, 1.165) is 31.4 Å². The van der Waals surface area contributed by atoms with Crippen LogP contribution in [-0.2, 0) is 24.3 Å². The summed E-state index contributed by atoms with van der Waals surface area (Å²) in [5, 5.41) is 5.43. The van der Waals surface area contributed by atoms with Gasteiger partial charge in [0.2, 0.25) is 21.8 Å². The Balaban J connectivity index is 1.85. The SMILES string of the molecule is CC(=O)NC1(C(=O)Nc2ccc(F)c(S(=O)(=O)N3CCOCC3)c2)CCCCC1. The molecule has 10 heteroatoms. The molecule has 2 aliphatic rings. The van der Waals surface area contributed by atoms with Crippen LogP contribution in [0, 0.1) is 5.82 Å². The number of benzene rings is 1. The first-order chi connectivity index (χ1) is 13.7. The lowest BCUT2D eigenvalue weighted by Gasteiger charge is -2.36. The van der Waals surface area contributed by atoms with Gasteiger partial charge in [0.15, 0.2) is 0 Å². The third-order valence-electron chi connectivity index (χ3n) is 5.33. The molecule has 8 nitrogen and oxygen atoms in total. The van der Waals surface area contributed by atoms with Crippen molar-refractivity contribution in [3.05, 3.63) is 24.0 Å². The molecule has 0 atom stereocenters. The molecule has 1 aliphatic heterocycles. The van der Waals surface area contributed by atoms with Gasteiger partial charge in [0.25, 0.3) is 0 Å². The maximum Gasteiger partial charge on any atom is 0.250 e. The normalized spacial score (nSPS) is 20.1. The molecule has 2 fully saturated rings. The predicted molar refractivity (Wildman–Crippen MR) is 104 cm³/mol. The quantitative estimate of drug-likeness (QED) is 0.743. The van der Waals surface area contributed by atoms with Crippen molar-refractivity contribution >= 4 is 27.5 Å². The second kappa shape index (κ2) is 8.76. The van der Waals surface area contributed by atoms with Crippen LogP contribution >= 0.6 is 0 Å². The highest BCUT2D eigenvalue weighted by atomic mass is 32.2. The van der Waals surface area contributed by atoms with Crippen molar-refractivity contribution in [1.29, 1.82) is 0 Å². The van der Waals surface area contributed by atoms with E-state index >= 15 is 0 Å². The minimum absolute atomic E-state index is 0.143. The first-order valence-corrected chi connectivity index (χ1v) is 11.2. The van der Waals surface area contributed by atoms with Crippen molar-refractivity contribution in [2.75, 3.05) is 31.6 Å². The number of hydrogen-bond acceptors (Lipinski definition) is 5. The van der Waals surface area contributed by atoms with Gasteiger partial charge in [-0.25, -0.2) is 12.8 Å². The molecule has 1 saturated heterocycles. The van der Waals surface area contributed by atoms with E-state index in [2.05, 4.69) is 10.6 Å². The number of carbonyl (C=O) groups is 2. The molecule has 1 aliphatic carbocycles. The van der Waals surface area contributed by atoms with Gasteiger partial charge in [0, 0.05) is 25.7 Å². The van der Waals surface area contributed by atoms with Crippen LogP contribution < -0.4 is 10.6 Å². The fraction of sp³-hybridized carbons (Fsp3) is 0.579. The van der Waals surface area contributed by atoms with Crippen LogP contribution in [0.4, 0.5) is 10.1 Å². The summed E-state index contributed by atoms with van der Waals surface area (Å²) >= 11 is 0. The van der Waals surface area contributed by atoms with Crippen molar-refractivity contribution in [3.63, 3.8) is 0 Å². The maximum absolute atomic E-state index is 14.4. The smallest absolute Gasteiger partial charge is 0.250 e. The van der Waals surface area contributed by atoms with Crippen LogP contribution in [0.25, 0.3) is 0 Å². The molecule has 160 valence electrons. The van der Waals surface area contributed by atoms with Gasteiger partial charge >= 0.3 is 0 Å². The van der Waals surface area contributed by atoms with Gasteiger partial charge in [0.05, 0.1) is 13.2 Å². The van der Waals surface area contributed by atoms with Crippen molar-refractivity contribution in [2.24, 2.45) is 0 Å². The summed E-state index contributed by atoms with van der Waals surface area (Å²) in [6, 6.07) is 3.47. The van der Waals surface area contributed by atoms with Crippen LogP contribution in [-0.4, -0.2) is 56.4 Å². The summed E-state index contributed by atoms with van der Waals surface area (Å²) in [6.07, 6.45) is 3.58. The van der Waals surface area contributed by atoms with E-state index < -0.39 is 32.2 Å². The Bertz CT molecular complexity index is 878. The van der Waals surface area contributed by atoms with Crippen molar-refractivity contribution in [1.82, 2.24) is 9.62 Å². The lowest BCUT2D eigenvalue weighted by molar-refractivity contribution is -0.130. The zero-order valence-electron chi connectivity index (χ0n) is 16.4. The van der Waals surface area contributed by atoms with Crippen LogP contribution in [0.15, 0.2) is 23.1 Å². The number of halogens is 1.